The molecule has 0 spiro atoms. The summed E-state index contributed by atoms with van der Waals surface area (Å²) in [7, 11) is 1.49. The number of carbonyl (C=O) groups is 1. The van der Waals surface area contributed by atoms with E-state index >= 15 is 0 Å². The Hall–Kier alpha value is -1.09. The van der Waals surface area contributed by atoms with E-state index in [0.29, 0.717) is 27.7 Å². The molecule has 0 aromatic carbocycles. The third-order valence-corrected chi connectivity index (χ3v) is 2.34. The lowest BCUT2D eigenvalue weighted by Gasteiger charge is -2.08. The molecule has 0 aliphatic rings. The van der Waals surface area contributed by atoms with E-state index in [0.717, 1.165) is 6.29 Å². The first-order chi connectivity index (χ1) is 6.11. The van der Waals surface area contributed by atoms with E-state index in [1.165, 1.54) is 7.11 Å². The Labute approximate surface area is 81.7 Å². The second kappa shape index (κ2) is 3.75. The van der Waals surface area contributed by atoms with Crippen LogP contribution in [0.5, 0.6) is 5.88 Å². The average Bonchev–Trinajstić information content (AvgIpc) is 2.12. The van der Waals surface area contributed by atoms with E-state index < -0.39 is 0 Å². The maximum Gasteiger partial charge on any atom is 0.232 e. The van der Waals surface area contributed by atoms with Gasteiger partial charge in [0.05, 0.1) is 12.8 Å². The largest absolute Gasteiger partial charge is 0.480 e. The van der Waals surface area contributed by atoms with Crippen LogP contribution in [0.3, 0.4) is 0 Å². The third kappa shape index (κ3) is 1.65. The maximum atomic E-state index is 10.7. The lowest BCUT2D eigenvalue weighted by atomic mass is 10.1. The van der Waals surface area contributed by atoms with Crippen molar-refractivity contribution in [2.45, 2.75) is 13.8 Å². The van der Waals surface area contributed by atoms with Crippen LogP contribution in [0.1, 0.15) is 21.6 Å². The summed E-state index contributed by atoms with van der Waals surface area (Å²) in [6.45, 7) is 3.51. The van der Waals surface area contributed by atoms with Crippen molar-refractivity contribution in [3.05, 3.63) is 21.8 Å². The second-order valence-electron chi connectivity index (χ2n) is 2.68. The number of carbonyl (C=O) groups excluding carboxylic acids is 1. The van der Waals surface area contributed by atoms with Gasteiger partial charge in [-0.05, 0) is 19.4 Å². The highest BCUT2D eigenvalue weighted by Gasteiger charge is 2.12. The molecule has 0 fully saturated rings. The quantitative estimate of drug-likeness (QED) is 0.686. The molecular formula is C9H10ClNO2. The highest BCUT2D eigenvalue weighted by atomic mass is 35.5. The summed E-state index contributed by atoms with van der Waals surface area (Å²) in [6, 6.07) is 0. The number of nitrogens with zero attached hydrogens (tertiary/aromatic N) is 1. The van der Waals surface area contributed by atoms with Gasteiger partial charge >= 0.3 is 0 Å². The lowest BCUT2D eigenvalue weighted by Crippen LogP contribution is -1.99. The number of hydrogen-bond acceptors (Lipinski definition) is 3. The Kier molecular flexibility index (Phi) is 2.88. The minimum Gasteiger partial charge on any atom is -0.480 e. The first kappa shape index (κ1) is 9.99. The van der Waals surface area contributed by atoms with Crippen molar-refractivity contribution >= 4 is 17.9 Å². The standard InChI is InChI=1S/C9H10ClNO2/c1-5-7(4-12)6(2)11-9(13-3)8(5)10/h4H,1-3H3. The van der Waals surface area contributed by atoms with Crippen LogP contribution >= 0.6 is 11.6 Å². The lowest BCUT2D eigenvalue weighted by molar-refractivity contribution is 0.112. The summed E-state index contributed by atoms with van der Waals surface area (Å²) < 4.78 is 4.95. The molecule has 0 bridgehead atoms. The molecule has 1 heterocycles. The fourth-order valence-corrected chi connectivity index (χ4v) is 1.34. The van der Waals surface area contributed by atoms with Crippen molar-refractivity contribution in [3.63, 3.8) is 0 Å². The van der Waals surface area contributed by atoms with Crippen molar-refractivity contribution in [2.75, 3.05) is 7.11 Å². The topological polar surface area (TPSA) is 39.2 Å². The molecule has 3 nitrogen and oxygen atoms in total. The van der Waals surface area contributed by atoms with Crippen LogP contribution in [0.2, 0.25) is 5.02 Å². The maximum absolute atomic E-state index is 10.7. The minimum atomic E-state index is 0.363. The number of pyridine rings is 1. The van der Waals surface area contributed by atoms with E-state index in [2.05, 4.69) is 4.98 Å². The molecule has 0 radical (unpaired) electrons. The Balaban J connectivity index is 3.45. The van der Waals surface area contributed by atoms with E-state index in [4.69, 9.17) is 16.3 Å². The zero-order valence-electron chi connectivity index (χ0n) is 7.72. The van der Waals surface area contributed by atoms with Crippen molar-refractivity contribution in [1.82, 2.24) is 4.98 Å². The van der Waals surface area contributed by atoms with E-state index in [9.17, 15) is 4.79 Å². The Bertz CT molecular complexity index is 350. The summed E-state index contributed by atoms with van der Waals surface area (Å²) >= 11 is 5.90. The number of hydrogen-bond donors (Lipinski definition) is 0. The first-order valence-corrected chi connectivity index (χ1v) is 4.15. The van der Waals surface area contributed by atoms with Gasteiger partial charge in [0.25, 0.3) is 0 Å². The molecule has 13 heavy (non-hydrogen) atoms. The van der Waals surface area contributed by atoms with Crippen LogP contribution < -0.4 is 4.74 Å². The molecule has 0 aliphatic carbocycles. The molecule has 0 unspecified atom stereocenters. The number of rotatable bonds is 2. The molecular weight excluding hydrogens is 190 g/mol. The molecule has 0 N–H and O–H groups in total. The second-order valence-corrected chi connectivity index (χ2v) is 3.05. The Morgan fingerprint density at radius 2 is 2.08 bits per heavy atom. The first-order valence-electron chi connectivity index (χ1n) is 3.77. The van der Waals surface area contributed by atoms with E-state index in [1.54, 1.807) is 13.8 Å². The molecule has 0 atom stereocenters. The van der Waals surface area contributed by atoms with Gasteiger partial charge in [0.1, 0.15) is 5.02 Å². The van der Waals surface area contributed by atoms with Gasteiger partial charge in [-0.1, -0.05) is 11.6 Å². The van der Waals surface area contributed by atoms with Gasteiger partial charge in [-0.3, -0.25) is 4.79 Å². The zero-order valence-corrected chi connectivity index (χ0v) is 8.47. The van der Waals surface area contributed by atoms with Gasteiger partial charge in [-0.15, -0.1) is 0 Å². The molecule has 0 aliphatic heterocycles. The predicted octanol–water partition coefficient (Wildman–Crippen LogP) is 2.17. The molecule has 1 rings (SSSR count). The van der Waals surface area contributed by atoms with Gasteiger partial charge < -0.3 is 4.74 Å². The van der Waals surface area contributed by atoms with E-state index in [-0.39, 0.29) is 0 Å². The molecule has 0 saturated carbocycles. The van der Waals surface area contributed by atoms with Crippen LogP contribution in [0.15, 0.2) is 0 Å². The molecule has 1 aromatic heterocycles. The molecule has 70 valence electrons. The SMILES string of the molecule is COc1nc(C)c(C=O)c(C)c1Cl. The van der Waals surface area contributed by atoms with Gasteiger partial charge in [-0.2, -0.15) is 0 Å². The molecule has 4 heteroatoms. The normalized spacial score (nSPS) is 9.85. The van der Waals surface area contributed by atoms with Crippen molar-refractivity contribution in [3.8, 4) is 5.88 Å². The van der Waals surface area contributed by atoms with Gasteiger partial charge in [0.2, 0.25) is 5.88 Å². The summed E-state index contributed by atoms with van der Waals surface area (Å²) in [5, 5.41) is 0.398. The number of methoxy groups -OCH3 is 1. The monoisotopic (exact) mass is 199 g/mol. The summed E-state index contributed by atoms with van der Waals surface area (Å²) in [5.74, 6) is 0.363. The van der Waals surface area contributed by atoms with Crippen LogP contribution in [-0.2, 0) is 0 Å². The van der Waals surface area contributed by atoms with Gasteiger partial charge in [0, 0.05) is 5.56 Å². The van der Waals surface area contributed by atoms with Crippen molar-refractivity contribution in [2.24, 2.45) is 0 Å². The smallest absolute Gasteiger partial charge is 0.232 e. The fraction of sp³-hybridized carbons (Fsp3) is 0.333. The molecule has 1 aromatic rings. The van der Waals surface area contributed by atoms with Gasteiger partial charge in [-0.25, -0.2) is 4.98 Å². The van der Waals surface area contributed by atoms with Crippen LogP contribution in [0, 0.1) is 13.8 Å². The number of aldehydes is 1. The zero-order chi connectivity index (χ0) is 10.0. The number of halogens is 1. The van der Waals surface area contributed by atoms with E-state index in [1.807, 2.05) is 0 Å². The predicted molar refractivity (Wildman–Crippen MR) is 50.7 cm³/mol. The van der Waals surface area contributed by atoms with Crippen LogP contribution in [-0.4, -0.2) is 18.4 Å². The highest BCUT2D eigenvalue weighted by molar-refractivity contribution is 6.33. The fourth-order valence-electron chi connectivity index (χ4n) is 1.12. The van der Waals surface area contributed by atoms with Crippen LogP contribution in [0.4, 0.5) is 0 Å². The van der Waals surface area contributed by atoms with Gasteiger partial charge in [0.15, 0.2) is 6.29 Å². The van der Waals surface area contributed by atoms with Crippen molar-refractivity contribution < 1.29 is 9.53 Å². The third-order valence-electron chi connectivity index (χ3n) is 1.89. The number of aromatic nitrogens is 1. The summed E-state index contributed by atoms with van der Waals surface area (Å²) in [4.78, 5) is 14.7. The van der Waals surface area contributed by atoms with Crippen molar-refractivity contribution in [1.29, 1.82) is 0 Å². The van der Waals surface area contributed by atoms with Crippen LogP contribution in [0.25, 0.3) is 0 Å². The Morgan fingerprint density at radius 1 is 1.46 bits per heavy atom. The number of ether oxygens (including phenoxy) is 1. The molecule has 0 amide bonds. The Morgan fingerprint density at radius 3 is 2.54 bits per heavy atom. The highest BCUT2D eigenvalue weighted by Crippen LogP contribution is 2.28. The molecule has 0 saturated heterocycles. The summed E-state index contributed by atoms with van der Waals surface area (Å²) in [5.41, 5.74) is 1.88. The number of aryl methyl sites for hydroxylation is 1. The summed E-state index contributed by atoms with van der Waals surface area (Å²) in [6.07, 6.45) is 0.753. The average molecular weight is 200 g/mol. The minimum absolute atomic E-state index is 0.363.